The standard InChI is InChI=1S/C15H17N3O3S2/c19-12(16-9-10-18-14(20)6-7-15(18)21)4-3-11-22-23-13-5-1-2-8-17-13/h1-2,5-8H,3-4,9-11H2,(H,16,19). The van der Waals surface area contributed by atoms with Crippen molar-refractivity contribution in [2.45, 2.75) is 17.9 Å². The van der Waals surface area contributed by atoms with Gasteiger partial charge in [-0.2, -0.15) is 0 Å². The topological polar surface area (TPSA) is 79.4 Å². The molecule has 23 heavy (non-hydrogen) atoms. The first kappa shape index (κ1) is 17.6. The minimum Gasteiger partial charge on any atom is -0.354 e. The van der Waals surface area contributed by atoms with E-state index in [0.717, 1.165) is 22.1 Å². The Bertz CT molecular complexity index is 575. The normalized spacial score (nSPS) is 13.7. The number of hydrogen-bond donors (Lipinski definition) is 1. The zero-order chi connectivity index (χ0) is 16.5. The molecule has 0 fully saturated rings. The lowest BCUT2D eigenvalue weighted by molar-refractivity contribution is -0.137. The highest BCUT2D eigenvalue weighted by atomic mass is 33.1. The van der Waals surface area contributed by atoms with E-state index < -0.39 is 0 Å². The number of aromatic nitrogens is 1. The van der Waals surface area contributed by atoms with Crippen molar-refractivity contribution in [2.24, 2.45) is 0 Å². The Morgan fingerprint density at radius 1 is 1.22 bits per heavy atom. The molecule has 0 radical (unpaired) electrons. The number of rotatable bonds is 9. The van der Waals surface area contributed by atoms with Crippen LogP contribution in [-0.2, 0) is 14.4 Å². The molecule has 3 amide bonds. The van der Waals surface area contributed by atoms with Gasteiger partial charge in [-0.1, -0.05) is 16.9 Å². The number of hydrogen-bond acceptors (Lipinski definition) is 6. The Morgan fingerprint density at radius 3 is 2.70 bits per heavy atom. The first-order chi connectivity index (χ1) is 11.2. The van der Waals surface area contributed by atoms with Crippen LogP contribution in [0.25, 0.3) is 0 Å². The fraction of sp³-hybridized carbons (Fsp3) is 0.333. The van der Waals surface area contributed by atoms with Gasteiger partial charge in [0.1, 0.15) is 5.03 Å². The summed E-state index contributed by atoms with van der Waals surface area (Å²) in [5.74, 6) is 0.127. The largest absolute Gasteiger partial charge is 0.354 e. The zero-order valence-electron chi connectivity index (χ0n) is 12.4. The minimum atomic E-state index is -0.327. The van der Waals surface area contributed by atoms with E-state index in [9.17, 15) is 14.4 Å². The quantitative estimate of drug-likeness (QED) is 0.414. The van der Waals surface area contributed by atoms with Crippen LogP contribution in [0.2, 0.25) is 0 Å². The number of carbonyl (C=O) groups is 3. The molecule has 0 aromatic carbocycles. The van der Waals surface area contributed by atoms with E-state index in [-0.39, 0.29) is 30.8 Å². The maximum atomic E-state index is 11.7. The number of imide groups is 1. The van der Waals surface area contributed by atoms with Crippen molar-refractivity contribution in [2.75, 3.05) is 18.8 Å². The van der Waals surface area contributed by atoms with Gasteiger partial charge < -0.3 is 5.32 Å². The van der Waals surface area contributed by atoms with Gasteiger partial charge in [0.15, 0.2) is 0 Å². The summed E-state index contributed by atoms with van der Waals surface area (Å²) < 4.78 is 0. The molecule has 0 aliphatic carbocycles. The van der Waals surface area contributed by atoms with Gasteiger partial charge in [-0.25, -0.2) is 4.98 Å². The molecule has 1 aromatic heterocycles. The van der Waals surface area contributed by atoms with Crippen LogP contribution in [-0.4, -0.2) is 46.4 Å². The molecule has 1 aliphatic heterocycles. The minimum absolute atomic E-state index is 0.0690. The van der Waals surface area contributed by atoms with Crippen LogP contribution in [0, 0.1) is 0 Å². The Labute approximate surface area is 142 Å². The van der Waals surface area contributed by atoms with E-state index in [0.29, 0.717) is 6.42 Å². The first-order valence-electron chi connectivity index (χ1n) is 7.17. The van der Waals surface area contributed by atoms with Crippen LogP contribution < -0.4 is 5.32 Å². The molecular formula is C15H17N3O3S2. The van der Waals surface area contributed by atoms with Crippen LogP contribution in [0.3, 0.4) is 0 Å². The van der Waals surface area contributed by atoms with Crippen molar-refractivity contribution >= 4 is 39.3 Å². The molecule has 8 heteroatoms. The predicted octanol–water partition coefficient (Wildman–Crippen LogP) is 1.64. The van der Waals surface area contributed by atoms with E-state index in [1.165, 1.54) is 12.2 Å². The lowest BCUT2D eigenvalue weighted by atomic mass is 10.3. The van der Waals surface area contributed by atoms with Gasteiger partial charge in [0.05, 0.1) is 0 Å². The zero-order valence-corrected chi connectivity index (χ0v) is 14.1. The van der Waals surface area contributed by atoms with E-state index in [1.807, 2.05) is 18.2 Å². The third-order valence-electron chi connectivity index (χ3n) is 2.97. The van der Waals surface area contributed by atoms with Crippen molar-refractivity contribution in [3.63, 3.8) is 0 Å². The molecule has 0 saturated heterocycles. The molecule has 2 rings (SSSR count). The van der Waals surface area contributed by atoms with Gasteiger partial charge in [-0.15, -0.1) is 0 Å². The van der Waals surface area contributed by atoms with Gasteiger partial charge in [0.2, 0.25) is 5.91 Å². The lowest BCUT2D eigenvalue weighted by Crippen LogP contribution is -2.38. The lowest BCUT2D eigenvalue weighted by Gasteiger charge is -2.13. The first-order valence-corrected chi connectivity index (χ1v) is 9.49. The third-order valence-corrected chi connectivity index (χ3v) is 5.32. The van der Waals surface area contributed by atoms with E-state index in [4.69, 9.17) is 0 Å². The molecule has 1 N–H and O–H groups in total. The third kappa shape index (κ3) is 6.07. The van der Waals surface area contributed by atoms with Crippen LogP contribution in [0.1, 0.15) is 12.8 Å². The summed E-state index contributed by atoms with van der Waals surface area (Å²) in [6.07, 6.45) is 5.42. The van der Waals surface area contributed by atoms with Crippen molar-refractivity contribution in [1.82, 2.24) is 15.2 Å². The maximum Gasteiger partial charge on any atom is 0.253 e. The Kier molecular flexibility index (Phi) is 7.15. The van der Waals surface area contributed by atoms with Crippen LogP contribution in [0.4, 0.5) is 0 Å². The van der Waals surface area contributed by atoms with Crippen LogP contribution in [0.5, 0.6) is 0 Å². The van der Waals surface area contributed by atoms with Gasteiger partial charge in [0.25, 0.3) is 11.8 Å². The molecule has 2 heterocycles. The molecular weight excluding hydrogens is 334 g/mol. The Hall–Kier alpha value is -1.80. The second-order valence-electron chi connectivity index (χ2n) is 4.69. The monoisotopic (exact) mass is 351 g/mol. The molecule has 0 atom stereocenters. The smallest absolute Gasteiger partial charge is 0.253 e. The van der Waals surface area contributed by atoms with E-state index in [2.05, 4.69) is 10.3 Å². The number of amides is 3. The highest BCUT2D eigenvalue weighted by Crippen LogP contribution is 2.29. The molecule has 122 valence electrons. The molecule has 0 unspecified atom stereocenters. The summed E-state index contributed by atoms with van der Waals surface area (Å²) in [5.41, 5.74) is 0. The summed E-state index contributed by atoms with van der Waals surface area (Å²) in [7, 11) is 3.25. The van der Waals surface area contributed by atoms with Crippen LogP contribution >= 0.6 is 21.6 Å². The SMILES string of the molecule is O=C(CCCSSc1ccccn1)NCCN1C(=O)C=CC1=O. The number of pyridine rings is 1. The molecule has 0 spiro atoms. The van der Waals surface area contributed by atoms with Crippen molar-refractivity contribution in [3.05, 3.63) is 36.5 Å². The summed E-state index contributed by atoms with van der Waals surface area (Å²) in [4.78, 5) is 39.6. The second-order valence-corrected chi connectivity index (χ2v) is 7.12. The Morgan fingerprint density at radius 2 is 2.00 bits per heavy atom. The maximum absolute atomic E-state index is 11.7. The summed E-state index contributed by atoms with van der Waals surface area (Å²) in [5, 5.41) is 3.67. The fourth-order valence-corrected chi connectivity index (χ4v) is 3.80. The highest BCUT2D eigenvalue weighted by molar-refractivity contribution is 8.76. The highest BCUT2D eigenvalue weighted by Gasteiger charge is 2.22. The van der Waals surface area contributed by atoms with Gasteiger partial charge in [0, 0.05) is 43.6 Å². The van der Waals surface area contributed by atoms with Crippen molar-refractivity contribution < 1.29 is 14.4 Å². The predicted molar refractivity (Wildman–Crippen MR) is 90.7 cm³/mol. The second kappa shape index (κ2) is 9.36. The number of carbonyl (C=O) groups excluding carboxylic acids is 3. The number of nitrogens with one attached hydrogen (secondary N) is 1. The molecule has 1 aromatic rings. The summed E-state index contributed by atoms with van der Waals surface area (Å²) in [6.45, 7) is 0.495. The van der Waals surface area contributed by atoms with Gasteiger partial charge >= 0.3 is 0 Å². The molecule has 0 saturated carbocycles. The van der Waals surface area contributed by atoms with E-state index in [1.54, 1.807) is 27.8 Å². The van der Waals surface area contributed by atoms with Crippen molar-refractivity contribution in [1.29, 1.82) is 0 Å². The van der Waals surface area contributed by atoms with E-state index >= 15 is 0 Å². The molecule has 1 aliphatic rings. The summed E-state index contributed by atoms with van der Waals surface area (Å²) >= 11 is 0. The molecule has 6 nitrogen and oxygen atoms in total. The average Bonchev–Trinajstić information content (AvgIpc) is 2.87. The molecule has 0 bridgehead atoms. The van der Waals surface area contributed by atoms with Gasteiger partial charge in [-0.3, -0.25) is 19.3 Å². The van der Waals surface area contributed by atoms with Gasteiger partial charge in [-0.05, 0) is 29.3 Å². The summed E-state index contributed by atoms with van der Waals surface area (Å²) in [6, 6.07) is 5.76. The van der Waals surface area contributed by atoms with Crippen LogP contribution in [0.15, 0.2) is 41.6 Å². The fourth-order valence-electron chi connectivity index (χ4n) is 1.84. The average molecular weight is 351 g/mol. The Balaban J connectivity index is 1.50. The number of nitrogens with zero attached hydrogens (tertiary/aromatic N) is 2. The van der Waals surface area contributed by atoms with Crippen molar-refractivity contribution in [3.8, 4) is 0 Å².